The van der Waals surface area contributed by atoms with E-state index in [0.29, 0.717) is 20.8 Å². The Morgan fingerprint density at radius 1 is 1.12 bits per heavy atom. The molecule has 2 aromatic rings. The van der Waals surface area contributed by atoms with Crippen molar-refractivity contribution < 1.29 is 14.7 Å². The number of para-hydroxylation sites is 1. The van der Waals surface area contributed by atoms with Crippen molar-refractivity contribution in [3.8, 4) is 0 Å². The molecule has 0 saturated heterocycles. The molecule has 1 amide bonds. The van der Waals surface area contributed by atoms with Gasteiger partial charge in [0.15, 0.2) is 0 Å². The molecule has 1 heterocycles. The normalized spacial score (nSPS) is 16.7. The molecule has 3 rings (SSSR count). The lowest BCUT2D eigenvalue weighted by molar-refractivity contribution is -0.138. The number of aliphatic carboxylic acids is 1. The number of carboxylic acids is 1. The summed E-state index contributed by atoms with van der Waals surface area (Å²) in [5.74, 6) is -1.31. The summed E-state index contributed by atoms with van der Waals surface area (Å²) in [7, 11) is 0. The van der Waals surface area contributed by atoms with Gasteiger partial charge < -0.3 is 10.0 Å². The highest BCUT2D eigenvalue weighted by atomic mass is 35.5. The number of carboxylic acid groups (broad SMARTS) is 1. The Labute approximate surface area is 163 Å². The van der Waals surface area contributed by atoms with Crippen LogP contribution >= 0.6 is 46.6 Å². The summed E-state index contributed by atoms with van der Waals surface area (Å²) in [6, 6.07) is 10.4. The lowest BCUT2D eigenvalue weighted by atomic mass is 10.1. The molecule has 25 heavy (non-hydrogen) atoms. The number of carbonyl (C=O) groups is 2. The number of thioether (sulfide) groups is 1. The zero-order valence-electron chi connectivity index (χ0n) is 12.7. The van der Waals surface area contributed by atoms with E-state index in [1.807, 2.05) is 6.07 Å². The second-order valence-corrected chi connectivity index (χ2v) is 7.93. The van der Waals surface area contributed by atoms with Gasteiger partial charge in [0.25, 0.3) is 0 Å². The van der Waals surface area contributed by atoms with Crippen molar-refractivity contribution in [2.45, 2.75) is 23.1 Å². The number of nitrogens with zero attached hydrogens (tertiary/aromatic N) is 1. The second kappa shape index (κ2) is 7.46. The molecular weight excluding hydrogens is 405 g/mol. The van der Waals surface area contributed by atoms with Crippen LogP contribution in [0.5, 0.6) is 0 Å². The fourth-order valence-electron chi connectivity index (χ4n) is 2.61. The van der Waals surface area contributed by atoms with Crippen LogP contribution in [0, 0.1) is 0 Å². The zero-order valence-corrected chi connectivity index (χ0v) is 15.8. The van der Waals surface area contributed by atoms with Gasteiger partial charge in [-0.05, 0) is 29.8 Å². The van der Waals surface area contributed by atoms with E-state index in [1.165, 1.54) is 16.7 Å². The summed E-state index contributed by atoms with van der Waals surface area (Å²) >= 11 is 19.5. The van der Waals surface area contributed by atoms with Crippen LogP contribution in [0.3, 0.4) is 0 Å². The Balaban J connectivity index is 2.01. The summed E-state index contributed by atoms with van der Waals surface area (Å²) in [6.45, 7) is 0.225. The number of fused-ring (bicyclic) bond motifs is 1. The highest BCUT2D eigenvalue weighted by Gasteiger charge is 2.36. The first-order valence-electron chi connectivity index (χ1n) is 7.29. The van der Waals surface area contributed by atoms with Crippen LogP contribution in [0.15, 0.2) is 41.3 Å². The number of anilines is 1. The Morgan fingerprint density at radius 2 is 1.88 bits per heavy atom. The lowest BCUT2D eigenvalue weighted by Gasteiger charge is -2.34. The highest BCUT2D eigenvalue weighted by molar-refractivity contribution is 8.01. The molecule has 4 nitrogen and oxygen atoms in total. The molecule has 1 aliphatic heterocycles. The summed E-state index contributed by atoms with van der Waals surface area (Å²) in [5.41, 5.74) is 1.36. The van der Waals surface area contributed by atoms with Crippen LogP contribution in [-0.4, -0.2) is 22.2 Å². The minimum absolute atomic E-state index is 0.225. The van der Waals surface area contributed by atoms with E-state index in [4.69, 9.17) is 39.9 Å². The first-order valence-corrected chi connectivity index (χ1v) is 9.30. The molecule has 0 bridgehead atoms. The molecule has 0 saturated carbocycles. The van der Waals surface area contributed by atoms with Crippen molar-refractivity contribution in [1.29, 1.82) is 0 Å². The van der Waals surface area contributed by atoms with Gasteiger partial charge in [0.2, 0.25) is 5.91 Å². The van der Waals surface area contributed by atoms with Crippen LogP contribution in [0.25, 0.3) is 0 Å². The largest absolute Gasteiger partial charge is 0.481 e. The molecule has 8 heteroatoms. The molecule has 1 aliphatic rings. The minimum Gasteiger partial charge on any atom is -0.481 e. The van der Waals surface area contributed by atoms with Crippen LogP contribution in [0.1, 0.15) is 12.0 Å². The van der Waals surface area contributed by atoms with Crippen molar-refractivity contribution in [1.82, 2.24) is 0 Å². The first kappa shape index (κ1) is 18.4. The van der Waals surface area contributed by atoms with Gasteiger partial charge in [-0.25, -0.2) is 0 Å². The fraction of sp³-hybridized carbons (Fsp3) is 0.176. The van der Waals surface area contributed by atoms with Crippen molar-refractivity contribution in [2.24, 2.45) is 0 Å². The van der Waals surface area contributed by atoms with E-state index in [-0.39, 0.29) is 18.9 Å². The van der Waals surface area contributed by atoms with Gasteiger partial charge in [0.1, 0.15) is 0 Å². The third-order valence-corrected chi connectivity index (χ3v) is 6.00. The van der Waals surface area contributed by atoms with E-state index in [0.717, 1.165) is 10.5 Å². The van der Waals surface area contributed by atoms with Gasteiger partial charge in [-0.3, -0.25) is 9.59 Å². The van der Waals surface area contributed by atoms with Gasteiger partial charge in [-0.2, -0.15) is 0 Å². The maximum absolute atomic E-state index is 12.9. The SMILES string of the molecule is O=C(O)CC1Sc2cccc(Cl)c2N(Cc2ccc(Cl)c(Cl)c2)C1=O. The second-order valence-electron chi connectivity index (χ2n) is 5.46. The third-order valence-electron chi connectivity index (χ3n) is 3.72. The van der Waals surface area contributed by atoms with Gasteiger partial charge in [-0.15, -0.1) is 11.8 Å². The summed E-state index contributed by atoms with van der Waals surface area (Å²) in [4.78, 5) is 26.2. The molecule has 0 spiro atoms. The van der Waals surface area contributed by atoms with Gasteiger partial charge >= 0.3 is 5.97 Å². The quantitative estimate of drug-likeness (QED) is 0.751. The number of amides is 1. The Bertz CT molecular complexity index is 859. The van der Waals surface area contributed by atoms with Crippen LogP contribution in [0.2, 0.25) is 15.1 Å². The van der Waals surface area contributed by atoms with Crippen molar-refractivity contribution >= 4 is 64.1 Å². The molecule has 0 radical (unpaired) electrons. The number of hydrogen-bond donors (Lipinski definition) is 1. The van der Waals surface area contributed by atoms with Gasteiger partial charge in [-0.1, -0.05) is 46.9 Å². The zero-order chi connectivity index (χ0) is 18.1. The van der Waals surface area contributed by atoms with E-state index in [2.05, 4.69) is 0 Å². The average Bonchev–Trinajstić information content (AvgIpc) is 2.54. The fourth-order valence-corrected chi connectivity index (χ4v) is 4.51. The van der Waals surface area contributed by atoms with Crippen LogP contribution in [0.4, 0.5) is 5.69 Å². The summed E-state index contributed by atoms with van der Waals surface area (Å²) < 4.78 is 0. The van der Waals surface area contributed by atoms with E-state index in [9.17, 15) is 9.59 Å². The van der Waals surface area contributed by atoms with E-state index >= 15 is 0 Å². The molecule has 2 aromatic carbocycles. The molecule has 1 N–H and O–H groups in total. The average molecular weight is 417 g/mol. The summed E-state index contributed by atoms with van der Waals surface area (Å²) in [5, 5.41) is 9.63. The first-order chi connectivity index (χ1) is 11.9. The number of halogens is 3. The van der Waals surface area contributed by atoms with Crippen LogP contribution in [-0.2, 0) is 16.1 Å². The Hall–Kier alpha value is -1.40. The van der Waals surface area contributed by atoms with Crippen molar-refractivity contribution in [2.75, 3.05) is 4.90 Å². The number of carbonyl (C=O) groups excluding carboxylic acids is 1. The summed E-state index contributed by atoms with van der Waals surface area (Å²) in [6.07, 6.45) is -0.257. The molecule has 0 aromatic heterocycles. The van der Waals surface area contributed by atoms with Crippen molar-refractivity contribution in [3.63, 3.8) is 0 Å². The van der Waals surface area contributed by atoms with Gasteiger partial charge in [0, 0.05) is 4.90 Å². The molecule has 1 atom stereocenters. The third kappa shape index (κ3) is 3.90. The van der Waals surface area contributed by atoms with Gasteiger partial charge in [0.05, 0.1) is 39.0 Å². The van der Waals surface area contributed by atoms with Crippen LogP contribution < -0.4 is 4.90 Å². The van der Waals surface area contributed by atoms with E-state index in [1.54, 1.807) is 30.3 Å². The Kier molecular flexibility index (Phi) is 5.49. The smallest absolute Gasteiger partial charge is 0.305 e. The highest BCUT2D eigenvalue weighted by Crippen LogP contribution is 2.44. The predicted octanol–water partition coefficient (Wildman–Crippen LogP) is 5.13. The van der Waals surface area contributed by atoms with Crippen molar-refractivity contribution in [3.05, 3.63) is 57.0 Å². The number of benzene rings is 2. The number of rotatable bonds is 4. The standard InChI is InChI=1S/C17H12Cl3NO3S/c18-10-5-4-9(6-12(10)20)8-21-16-11(19)2-1-3-13(16)25-14(17(21)24)7-15(22)23/h1-6,14H,7-8H2,(H,22,23). The van der Waals surface area contributed by atoms with E-state index < -0.39 is 11.2 Å². The topological polar surface area (TPSA) is 57.6 Å². The molecular formula is C17H12Cl3NO3S. The maximum atomic E-state index is 12.9. The Morgan fingerprint density at radius 3 is 2.56 bits per heavy atom. The minimum atomic E-state index is -1.02. The lowest BCUT2D eigenvalue weighted by Crippen LogP contribution is -2.41. The monoisotopic (exact) mass is 415 g/mol. The predicted molar refractivity (Wildman–Crippen MR) is 101 cm³/mol. The number of hydrogen-bond acceptors (Lipinski definition) is 3. The molecule has 1 unspecified atom stereocenters. The molecule has 130 valence electrons. The maximum Gasteiger partial charge on any atom is 0.305 e. The molecule has 0 fully saturated rings. The molecule has 0 aliphatic carbocycles.